The molecule has 1 aromatic carbocycles. The van der Waals surface area contributed by atoms with E-state index >= 15 is 0 Å². The van der Waals surface area contributed by atoms with Gasteiger partial charge >= 0.3 is 0 Å². The summed E-state index contributed by atoms with van der Waals surface area (Å²) in [5, 5.41) is 1.91. The number of rotatable bonds is 2. The zero-order chi connectivity index (χ0) is 11.3. The average molecular weight is 218 g/mol. The molecular weight excluding hydrogens is 204 g/mol. The van der Waals surface area contributed by atoms with E-state index in [4.69, 9.17) is 10.6 Å². The predicted octanol–water partition coefficient (Wildman–Crippen LogP) is 1.30. The lowest BCUT2D eigenvalue weighted by atomic mass is 9.95. The Morgan fingerprint density at radius 3 is 3.19 bits per heavy atom. The molecule has 1 fully saturated rings. The number of carbonyl (C=O) groups excluding carboxylic acids is 1. The van der Waals surface area contributed by atoms with Crippen molar-refractivity contribution in [2.45, 2.75) is 31.9 Å². The molecule has 4 heteroatoms. The van der Waals surface area contributed by atoms with Gasteiger partial charge in [-0.2, -0.15) is 0 Å². The van der Waals surface area contributed by atoms with Crippen molar-refractivity contribution in [2.75, 3.05) is 5.06 Å². The molecule has 2 aliphatic rings. The van der Waals surface area contributed by atoms with Crippen LogP contribution in [0.15, 0.2) is 18.2 Å². The quantitative estimate of drug-likeness (QED) is 0.761. The molecule has 1 amide bonds. The van der Waals surface area contributed by atoms with E-state index in [9.17, 15) is 4.79 Å². The van der Waals surface area contributed by atoms with Crippen molar-refractivity contribution < 1.29 is 9.63 Å². The van der Waals surface area contributed by atoms with Crippen molar-refractivity contribution in [3.8, 4) is 0 Å². The SMILES string of the molecule is CC(C(N)=O)c1ccc2c(c1)N1O[C@@H]1CC2. The lowest BCUT2D eigenvalue weighted by Crippen LogP contribution is -2.19. The summed E-state index contributed by atoms with van der Waals surface area (Å²) in [5.74, 6) is -0.537. The molecule has 0 saturated carbocycles. The Morgan fingerprint density at radius 2 is 2.44 bits per heavy atom. The Morgan fingerprint density at radius 1 is 1.62 bits per heavy atom. The molecule has 1 saturated heterocycles. The first-order valence-electron chi connectivity index (χ1n) is 5.55. The fourth-order valence-corrected chi connectivity index (χ4v) is 2.20. The summed E-state index contributed by atoms with van der Waals surface area (Å²) in [6.07, 6.45) is 2.35. The van der Waals surface area contributed by atoms with Gasteiger partial charge in [0.2, 0.25) is 5.91 Å². The number of fused-ring (bicyclic) bond motifs is 3. The van der Waals surface area contributed by atoms with Gasteiger partial charge in [0.1, 0.15) is 0 Å². The number of nitrogens with two attached hydrogens (primary N) is 1. The Kier molecular flexibility index (Phi) is 1.94. The molecule has 2 atom stereocenters. The molecule has 0 aromatic heterocycles. The molecule has 2 aliphatic heterocycles. The third kappa shape index (κ3) is 1.38. The second-order valence-electron chi connectivity index (χ2n) is 4.44. The van der Waals surface area contributed by atoms with Crippen LogP contribution in [0.25, 0.3) is 0 Å². The second-order valence-corrected chi connectivity index (χ2v) is 4.44. The van der Waals surface area contributed by atoms with E-state index in [1.165, 1.54) is 5.56 Å². The van der Waals surface area contributed by atoms with Crippen LogP contribution in [0.5, 0.6) is 0 Å². The first-order valence-corrected chi connectivity index (χ1v) is 5.55. The van der Waals surface area contributed by atoms with Gasteiger partial charge in [-0.1, -0.05) is 12.1 Å². The summed E-state index contributed by atoms with van der Waals surface area (Å²) in [7, 11) is 0. The topological polar surface area (TPSA) is 58.6 Å². The Labute approximate surface area is 93.9 Å². The number of nitrogens with zero attached hydrogens (tertiary/aromatic N) is 1. The first-order chi connectivity index (χ1) is 7.66. The fourth-order valence-electron chi connectivity index (χ4n) is 2.20. The van der Waals surface area contributed by atoms with Gasteiger partial charge in [-0.15, -0.1) is 0 Å². The number of anilines is 1. The van der Waals surface area contributed by atoms with Gasteiger partial charge in [0.15, 0.2) is 6.23 Å². The van der Waals surface area contributed by atoms with E-state index in [2.05, 4.69) is 6.07 Å². The lowest BCUT2D eigenvalue weighted by molar-refractivity contribution is -0.119. The van der Waals surface area contributed by atoms with Crippen LogP contribution < -0.4 is 10.8 Å². The van der Waals surface area contributed by atoms with Crippen LogP contribution in [-0.4, -0.2) is 12.1 Å². The number of aryl methyl sites for hydroxylation is 1. The molecule has 0 aliphatic carbocycles. The third-order valence-electron chi connectivity index (χ3n) is 3.39. The van der Waals surface area contributed by atoms with Crippen molar-refractivity contribution in [1.29, 1.82) is 0 Å². The maximum atomic E-state index is 11.1. The van der Waals surface area contributed by atoms with Crippen molar-refractivity contribution in [1.82, 2.24) is 0 Å². The van der Waals surface area contributed by atoms with Crippen LogP contribution >= 0.6 is 0 Å². The van der Waals surface area contributed by atoms with Gasteiger partial charge in [0.05, 0.1) is 11.6 Å². The maximum absolute atomic E-state index is 11.1. The largest absolute Gasteiger partial charge is 0.369 e. The molecule has 0 radical (unpaired) electrons. The number of hydrogen-bond donors (Lipinski definition) is 1. The summed E-state index contributed by atoms with van der Waals surface area (Å²) < 4.78 is 0. The van der Waals surface area contributed by atoms with Crippen molar-refractivity contribution >= 4 is 11.6 Å². The van der Waals surface area contributed by atoms with Gasteiger partial charge in [-0.3, -0.25) is 4.79 Å². The zero-order valence-electron chi connectivity index (χ0n) is 9.14. The molecule has 2 heterocycles. The molecule has 3 rings (SSSR count). The maximum Gasteiger partial charge on any atom is 0.224 e. The van der Waals surface area contributed by atoms with Gasteiger partial charge in [0, 0.05) is 6.42 Å². The number of hydroxylamine groups is 1. The number of hydrogen-bond acceptors (Lipinski definition) is 3. The van der Waals surface area contributed by atoms with Gasteiger partial charge < -0.3 is 5.73 Å². The van der Waals surface area contributed by atoms with Crippen molar-refractivity contribution in [3.63, 3.8) is 0 Å². The highest BCUT2D eigenvalue weighted by Crippen LogP contribution is 2.41. The molecular formula is C12H14N2O2. The highest BCUT2D eigenvalue weighted by atomic mass is 16.8. The van der Waals surface area contributed by atoms with Crippen molar-refractivity contribution in [3.05, 3.63) is 29.3 Å². The average Bonchev–Trinajstić information content (AvgIpc) is 3.06. The fraction of sp³-hybridized carbons (Fsp3) is 0.417. The summed E-state index contributed by atoms with van der Waals surface area (Å²) in [5.41, 5.74) is 8.65. The number of benzene rings is 1. The van der Waals surface area contributed by atoms with Gasteiger partial charge in [0.25, 0.3) is 0 Å². The van der Waals surface area contributed by atoms with E-state index in [0.717, 1.165) is 24.1 Å². The Hall–Kier alpha value is -1.55. The molecule has 16 heavy (non-hydrogen) atoms. The van der Waals surface area contributed by atoms with E-state index < -0.39 is 0 Å². The van der Waals surface area contributed by atoms with Crippen LogP contribution in [0.3, 0.4) is 0 Å². The third-order valence-corrected chi connectivity index (χ3v) is 3.39. The van der Waals surface area contributed by atoms with Crippen LogP contribution in [0.1, 0.15) is 30.4 Å². The Bertz CT molecular complexity index is 458. The summed E-state index contributed by atoms with van der Waals surface area (Å²) in [6.45, 7) is 1.83. The normalized spacial score (nSPS) is 23.3. The minimum atomic E-state index is -0.293. The monoisotopic (exact) mass is 218 g/mol. The standard InChI is InChI=1S/C12H14N2O2/c1-7(12(13)15)9-3-2-8-4-5-11-14(16-11)10(8)6-9/h2-3,6-7,11H,4-5H2,1H3,(H2,13,15)/t7?,11-,14?/m1/s1. The van der Waals surface area contributed by atoms with Crippen molar-refractivity contribution in [2.24, 2.45) is 5.73 Å². The first kappa shape index (κ1) is 9.66. The number of primary amides is 1. The summed E-state index contributed by atoms with van der Waals surface area (Å²) in [6, 6.07) is 6.07. The summed E-state index contributed by atoms with van der Waals surface area (Å²) in [4.78, 5) is 16.6. The highest BCUT2D eigenvalue weighted by Gasteiger charge is 2.41. The van der Waals surface area contributed by atoms with Crippen LogP contribution in [-0.2, 0) is 16.1 Å². The minimum Gasteiger partial charge on any atom is -0.369 e. The minimum absolute atomic E-state index is 0.245. The van der Waals surface area contributed by atoms with E-state index in [-0.39, 0.29) is 18.1 Å². The second kappa shape index (κ2) is 3.22. The molecule has 4 nitrogen and oxygen atoms in total. The van der Waals surface area contributed by atoms with E-state index in [1.807, 2.05) is 24.1 Å². The predicted molar refractivity (Wildman–Crippen MR) is 59.7 cm³/mol. The van der Waals surface area contributed by atoms with Gasteiger partial charge in [-0.05, 0) is 30.5 Å². The molecule has 84 valence electrons. The lowest BCUT2D eigenvalue weighted by Gasteiger charge is -2.16. The molecule has 2 N–H and O–H groups in total. The Balaban J connectivity index is 1.98. The van der Waals surface area contributed by atoms with E-state index in [1.54, 1.807) is 0 Å². The molecule has 1 aromatic rings. The van der Waals surface area contributed by atoms with Crippen LogP contribution in [0.4, 0.5) is 5.69 Å². The number of carbonyl (C=O) groups is 1. The van der Waals surface area contributed by atoms with Crippen LogP contribution in [0, 0.1) is 0 Å². The molecule has 0 spiro atoms. The van der Waals surface area contributed by atoms with Gasteiger partial charge in [-0.25, -0.2) is 9.90 Å². The van der Waals surface area contributed by atoms with Crippen LogP contribution in [0.2, 0.25) is 0 Å². The smallest absolute Gasteiger partial charge is 0.224 e. The highest BCUT2D eigenvalue weighted by molar-refractivity contribution is 5.82. The molecule has 0 bridgehead atoms. The van der Waals surface area contributed by atoms with E-state index in [0.29, 0.717) is 0 Å². The zero-order valence-corrected chi connectivity index (χ0v) is 9.14. The number of amides is 1. The molecule has 1 unspecified atom stereocenters. The summed E-state index contributed by atoms with van der Waals surface area (Å²) >= 11 is 0.